The number of anilines is 1. The minimum Gasteiger partial charge on any atom is -0.497 e. The van der Waals surface area contributed by atoms with Crippen molar-refractivity contribution in [2.24, 2.45) is 0 Å². The molecule has 0 bridgehead atoms. The number of hydrogen-bond acceptors (Lipinski definition) is 4. The molecule has 0 radical (unpaired) electrons. The Morgan fingerprint density at radius 2 is 1.71 bits per heavy atom. The second-order valence-electron chi connectivity index (χ2n) is 5.51. The minimum atomic E-state index is -1.88. The van der Waals surface area contributed by atoms with Crippen LogP contribution in [0.15, 0.2) is 54.6 Å². The highest BCUT2D eigenvalue weighted by Crippen LogP contribution is 2.29. The lowest BCUT2D eigenvalue weighted by Crippen LogP contribution is -2.56. The fourth-order valence-electron chi connectivity index (χ4n) is 2.06. The summed E-state index contributed by atoms with van der Waals surface area (Å²) >= 11 is 23.0. The number of benzene rings is 2. The Hall–Kier alpha value is -1.93. The molecule has 0 aromatic heterocycles. The highest BCUT2D eigenvalue weighted by Gasteiger charge is 2.35. The Morgan fingerprint density at radius 1 is 1.07 bits per heavy atom. The maximum atomic E-state index is 12.1. The number of carbonyl (C=O) groups is 1. The van der Waals surface area contributed by atoms with Gasteiger partial charge in [-0.1, -0.05) is 65.1 Å². The van der Waals surface area contributed by atoms with Crippen LogP contribution in [0.1, 0.15) is 5.56 Å². The van der Waals surface area contributed by atoms with E-state index in [-0.39, 0.29) is 11.7 Å². The van der Waals surface area contributed by atoms with Crippen molar-refractivity contribution in [1.29, 1.82) is 0 Å². The number of ether oxygens (including phenoxy) is 2. The maximum absolute atomic E-state index is 12.1. The zero-order valence-corrected chi connectivity index (χ0v) is 17.8. The number of amides is 1. The van der Waals surface area contributed by atoms with E-state index in [2.05, 4.69) is 16.0 Å². The van der Waals surface area contributed by atoms with Gasteiger partial charge in [-0.2, -0.15) is 0 Å². The largest absolute Gasteiger partial charge is 0.497 e. The summed E-state index contributed by atoms with van der Waals surface area (Å²) in [5.74, 6) is 0.700. The number of nitrogens with one attached hydrogen (secondary N) is 3. The van der Waals surface area contributed by atoms with Gasteiger partial charge in [-0.05, 0) is 42.0 Å². The summed E-state index contributed by atoms with van der Waals surface area (Å²) in [6, 6.07) is 16.2. The van der Waals surface area contributed by atoms with Gasteiger partial charge in [-0.15, -0.1) is 0 Å². The first-order valence-corrected chi connectivity index (χ1v) is 9.57. The van der Waals surface area contributed by atoms with Crippen LogP contribution in [0.3, 0.4) is 0 Å². The van der Waals surface area contributed by atoms with E-state index in [0.29, 0.717) is 11.4 Å². The first kappa shape index (κ1) is 22.4. The number of halogens is 3. The number of alkyl carbamates (subject to hydrolysis) is 1. The molecular weight excluding hydrogens is 445 g/mol. The molecule has 1 amide bonds. The first-order chi connectivity index (χ1) is 13.3. The van der Waals surface area contributed by atoms with E-state index in [1.54, 1.807) is 31.4 Å². The quantitative estimate of drug-likeness (QED) is 0.331. The number of hydrogen-bond donors (Lipinski definition) is 3. The highest BCUT2D eigenvalue weighted by molar-refractivity contribution is 7.80. The van der Waals surface area contributed by atoms with Crippen molar-refractivity contribution in [2.45, 2.75) is 16.6 Å². The van der Waals surface area contributed by atoms with E-state index in [9.17, 15) is 4.79 Å². The van der Waals surface area contributed by atoms with E-state index in [4.69, 9.17) is 56.5 Å². The summed E-state index contributed by atoms with van der Waals surface area (Å²) in [6.07, 6.45) is -1.89. The smallest absolute Gasteiger partial charge is 0.409 e. The molecule has 10 heteroatoms. The van der Waals surface area contributed by atoms with Crippen LogP contribution in [0.4, 0.5) is 10.5 Å². The van der Waals surface area contributed by atoms with Gasteiger partial charge in [0, 0.05) is 5.69 Å². The van der Waals surface area contributed by atoms with Crippen molar-refractivity contribution < 1.29 is 14.3 Å². The average molecular weight is 463 g/mol. The molecule has 0 aliphatic rings. The molecule has 0 aliphatic heterocycles. The second-order valence-corrected chi connectivity index (χ2v) is 8.28. The third-order valence-electron chi connectivity index (χ3n) is 3.43. The number of alkyl halides is 3. The van der Waals surface area contributed by atoms with Gasteiger partial charge in [0.2, 0.25) is 3.79 Å². The Labute approximate surface area is 183 Å². The van der Waals surface area contributed by atoms with Gasteiger partial charge < -0.3 is 20.1 Å². The summed E-state index contributed by atoms with van der Waals surface area (Å²) < 4.78 is 8.35. The van der Waals surface area contributed by atoms with Gasteiger partial charge in [0.15, 0.2) is 11.3 Å². The first-order valence-electron chi connectivity index (χ1n) is 8.03. The number of rotatable bonds is 6. The van der Waals surface area contributed by atoms with E-state index in [1.165, 1.54) is 0 Å². The normalized spacial score (nSPS) is 11.9. The molecule has 0 heterocycles. The van der Waals surface area contributed by atoms with Gasteiger partial charge in [-0.25, -0.2) is 4.79 Å². The Balaban J connectivity index is 1.91. The summed E-state index contributed by atoms with van der Waals surface area (Å²) in [6.45, 7) is 0.0772. The molecule has 1 unspecified atom stereocenters. The summed E-state index contributed by atoms with van der Waals surface area (Å²) in [5.41, 5.74) is 1.51. The standard InChI is InChI=1S/C18H18Cl3N3O3S/c1-26-14-9-7-13(8-10-14)22-16(28)23-15(18(19,20)21)24-17(25)27-11-12-5-3-2-4-6-12/h2-10,15H,11H2,1H3,(H,24,25)(H2,22,23,28). The molecule has 0 spiro atoms. The molecule has 1 atom stereocenters. The van der Waals surface area contributed by atoms with Crippen molar-refractivity contribution in [1.82, 2.24) is 10.6 Å². The van der Waals surface area contributed by atoms with Gasteiger partial charge in [0.05, 0.1) is 7.11 Å². The molecule has 2 rings (SSSR count). The lowest BCUT2D eigenvalue weighted by atomic mass is 10.2. The predicted molar refractivity (Wildman–Crippen MR) is 116 cm³/mol. The summed E-state index contributed by atoms with van der Waals surface area (Å²) in [5, 5.41) is 8.26. The van der Waals surface area contributed by atoms with Gasteiger partial charge in [-0.3, -0.25) is 5.32 Å². The maximum Gasteiger partial charge on any atom is 0.409 e. The predicted octanol–water partition coefficient (Wildman–Crippen LogP) is 4.60. The lowest BCUT2D eigenvalue weighted by molar-refractivity contribution is 0.135. The van der Waals surface area contributed by atoms with Crippen molar-refractivity contribution >= 4 is 63.9 Å². The van der Waals surface area contributed by atoms with Crippen LogP contribution in [-0.2, 0) is 11.3 Å². The number of methoxy groups -OCH3 is 1. The van der Waals surface area contributed by atoms with Crippen LogP contribution in [0.5, 0.6) is 5.75 Å². The lowest BCUT2D eigenvalue weighted by Gasteiger charge is -2.27. The average Bonchev–Trinajstić information content (AvgIpc) is 2.66. The van der Waals surface area contributed by atoms with Crippen molar-refractivity contribution in [3.63, 3.8) is 0 Å². The second kappa shape index (κ2) is 10.6. The SMILES string of the molecule is COc1ccc(NC(=S)NC(NC(=O)OCc2ccccc2)C(Cl)(Cl)Cl)cc1. The van der Waals surface area contributed by atoms with Crippen LogP contribution in [0.2, 0.25) is 0 Å². The Bertz CT molecular complexity index is 786. The molecular formula is C18H18Cl3N3O3S. The fourth-order valence-corrected chi connectivity index (χ4v) is 2.62. The molecule has 0 fully saturated rings. The minimum absolute atomic E-state index is 0.0772. The zero-order valence-electron chi connectivity index (χ0n) is 14.7. The van der Waals surface area contributed by atoms with Crippen LogP contribution >= 0.6 is 47.0 Å². The van der Waals surface area contributed by atoms with Crippen molar-refractivity contribution in [2.75, 3.05) is 12.4 Å². The molecule has 0 saturated carbocycles. The van der Waals surface area contributed by atoms with Crippen molar-refractivity contribution in [3.05, 3.63) is 60.2 Å². The molecule has 0 saturated heterocycles. The molecule has 6 nitrogen and oxygen atoms in total. The molecule has 2 aromatic rings. The Morgan fingerprint density at radius 3 is 2.29 bits per heavy atom. The van der Waals surface area contributed by atoms with E-state index in [1.807, 2.05) is 30.3 Å². The van der Waals surface area contributed by atoms with E-state index >= 15 is 0 Å². The zero-order chi connectivity index (χ0) is 20.6. The summed E-state index contributed by atoms with van der Waals surface area (Å²) in [7, 11) is 1.57. The van der Waals surface area contributed by atoms with Gasteiger partial charge in [0.25, 0.3) is 0 Å². The van der Waals surface area contributed by atoms with E-state index in [0.717, 1.165) is 5.56 Å². The van der Waals surface area contributed by atoms with Gasteiger partial charge >= 0.3 is 6.09 Å². The van der Waals surface area contributed by atoms with Crippen LogP contribution in [0.25, 0.3) is 0 Å². The third kappa shape index (κ3) is 7.59. The molecule has 0 aliphatic carbocycles. The van der Waals surface area contributed by atoms with Crippen LogP contribution in [-0.4, -0.2) is 28.3 Å². The number of carbonyl (C=O) groups excluding carboxylic acids is 1. The highest BCUT2D eigenvalue weighted by atomic mass is 35.6. The molecule has 28 heavy (non-hydrogen) atoms. The fraction of sp³-hybridized carbons (Fsp3) is 0.222. The Kier molecular flexibility index (Phi) is 8.44. The van der Waals surface area contributed by atoms with Gasteiger partial charge in [0.1, 0.15) is 12.4 Å². The molecule has 150 valence electrons. The third-order valence-corrected chi connectivity index (χ3v) is 4.30. The number of thiocarbonyl (C=S) groups is 1. The van der Waals surface area contributed by atoms with E-state index < -0.39 is 16.1 Å². The topological polar surface area (TPSA) is 71.6 Å². The monoisotopic (exact) mass is 461 g/mol. The summed E-state index contributed by atoms with van der Waals surface area (Å²) in [4.78, 5) is 12.1. The molecule has 2 aromatic carbocycles. The van der Waals surface area contributed by atoms with Crippen LogP contribution in [0, 0.1) is 0 Å². The van der Waals surface area contributed by atoms with Crippen molar-refractivity contribution in [3.8, 4) is 5.75 Å². The molecule has 3 N–H and O–H groups in total. The van der Waals surface area contributed by atoms with Crippen LogP contribution < -0.4 is 20.7 Å².